The number of benzene rings is 1. The van der Waals surface area contributed by atoms with Gasteiger partial charge in [-0.1, -0.05) is 12.5 Å². The molecule has 0 bridgehead atoms. The molecule has 34 heavy (non-hydrogen) atoms. The van der Waals surface area contributed by atoms with Gasteiger partial charge in [0, 0.05) is 39.6 Å². The van der Waals surface area contributed by atoms with Gasteiger partial charge in [0.1, 0.15) is 5.60 Å². The van der Waals surface area contributed by atoms with Crippen molar-refractivity contribution in [2.75, 3.05) is 5.32 Å². The summed E-state index contributed by atoms with van der Waals surface area (Å²) in [6.07, 6.45) is 7.86. The van der Waals surface area contributed by atoms with E-state index in [2.05, 4.69) is 16.7 Å². The Hall–Kier alpha value is -2.26. The van der Waals surface area contributed by atoms with E-state index in [0.717, 1.165) is 51.7 Å². The van der Waals surface area contributed by atoms with Crippen molar-refractivity contribution < 1.29 is 19.4 Å². The molecule has 2 amide bonds. The summed E-state index contributed by atoms with van der Waals surface area (Å²) in [7, 11) is 0. The summed E-state index contributed by atoms with van der Waals surface area (Å²) in [6.45, 7) is 5.55. The van der Waals surface area contributed by atoms with Crippen LogP contribution < -0.4 is 10.6 Å². The summed E-state index contributed by atoms with van der Waals surface area (Å²) in [5, 5.41) is 16.2. The minimum atomic E-state index is -0.943. The van der Waals surface area contributed by atoms with Gasteiger partial charge in [-0.05, 0) is 71.4 Å². The van der Waals surface area contributed by atoms with E-state index in [4.69, 9.17) is 14.8 Å². The van der Waals surface area contributed by atoms with Crippen LogP contribution in [0.25, 0.3) is 10.4 Å². The zero-order valence-electron chi connectivity index (χ0n) is 19.9. The number of hydrogen-bond donors (Lipinski definition) is 3. The average molecular weight is 504 g/mol. The molecule has 2 aromatic rings. The number of amides is 2. The predicted molar refractivity (Wildman–Crippen MR) is 137 cm³/mol. The van der Waals surface area contributed by atoms with E-state index in [9.17, 15) is 9.59 Å². The van der Waals surface area contributed by atoms with Crippen LogP contribution in [-0.2, 0) is 4.74 Å². The van der Waals surface area contributed by atoms with Crippen LogP contribution in [0.1, 0.15) is 76.6 Å². The SMILES string of the molecule is CC(C)(C)OC(=O)Nc1ccc(-c2cnc(C3CCC(NC(=O)O)CC3)s2)c(SC2CCC2)c1. The fourth-order valence-electron chi connectivity index (χ4n) is 4.25. The highest BCUT2D eigenvalue weighted by atomic mass is 32.2. The van der Waals surface area contributed by atoms with E-state index in [1.165, 1.54) is 19.3 Å². The molecule has 0 radical (unpaired) electrons. The average Bonchev–Trinajstić information content (AvgIpc) is 3.19. The number of aromatic nitrogens is 1. The van der Waals surface area contributed by atoms with Crippen LogP contribution in [-0.4, -0.2) is 39.2 Å². The number of nitrogens with zero attached hydrogens (tertiary/aromatic N) is 1. The Morgan fingerprint density at radius 1 is 1.15 bits per heavy atom. The molecule has 2 aliphatic carbocycles. The second-order valence-corrected chi connectivity index (χ2v) is 12.5. The molecule has 2 fully saturated rings. The maximum Gasteiger partial charge on any atom is 0.412 e. The third-order valence-corrected chi connectivity index (χ3v) is 8.76. The number of anilines is 1. The quantitative estimate of drug-likeness (QED) is 0.389. The number of thiazole rings is 1. The molecule has 7 nitrogen and oxygen atoms in total. The molecule has 0 spiro atoms. The van der Waals surface area contributed by atoms with E-state index < -0.39 is 17.8 Å². The second-order valence-electron chi connectivity index (χ2n) is 10.1. The maximum absolute atomic E-state index is 12.3. The van der Waals surface area contributed by atoms with E-state index >= 15 is 0 Å². The van der Waals surface area contributed by atoms with Gasteiger partial charge < -0.3 is 15.2 Å². The van der Waals surface area contributed by atoms with E-state index in [1.807, 2.05) is 50.9 Å². The highest BCUT2D eigenvalue weighted by Crippen LogP contribution is 2.44. The Labute approximate surface area is 209 Å². The van der Waals surface area contributed by atoms with Gasteiger partial charge in [0.25, 0.3) is 0 Å². The van der Waals surface area contributed by atoms with Gasteiger partial charge in [-0.15, -0.1) is 23.1 Å². The number of rotatable bonds is 6. The lowest BCUT2D eigenvalue weighted by Crippen LogP contribution is -2.36. The summed E-state index contributed by atoms with van der Waals surface area (Å²) in [5.41, 5.74) is 1.33. The topological polar surface area (TPSA) is 101 Å². The molecule has 0 saturated heterocycles. The van der Waals surface area contributed by atoms with Crippen molar-refractivity contribution >= 4 is 41.0 Å². The fourth-order valence-corrected chi connectivity index (χ4v) is 6.87. The summed E-state index contributed by atoms with van der Waals surface area (Å²) >= 11 is 3.61. The van der Waals surface area contributed by atoms with Crippen molar-refractivity contribution in [3.63, 3.8) is 0 Å². The van der Waals surface area contributed by atoms with Gasteiger partial charge in [-0.25, -0.2) is 14.6 Å². The van der Waals surface area contributed by atoms with Gasteiger partial charge in [-0.3, -0.25) is 5.32 Å². The summed E-state index contributed by atoms with van der Waals surface area (Å²) in [6, 6.07) is 6.08. The van der Waals surface area contributed by atoms with Crippen LogP contribution in [0.2, 0.25) is 0 Å². The number of thioether (sulfide) groups is 1. The van der Waals surface area contributed by atoms with Gasteiger partial charge in [0.15, 0.2) is 0 Å². The first kappa shape index (κ1) is 24.9. The van der Waals surface area contributed by atoms with Crippen molar-refractivity contribution in [3.8, 4) is 10.4 Å². The molecule has 0 atom stereocenters. The van der Waals surface area contributed by atoms with Crippen LogP contribution in [0.5, 0.6) is 0 Å². The first-order valence-electron chi connectivity index (χ1n) is 11.9. The molecule has 184 valence electrons. The molecule has 2 saturated carbocycles. The number of carbonyl (C=O) groups excluding carboxylic acids is 1. The van der Waals surface area contributed by atoms with Gasteiger partial charge in [-0.2, -0.15) is 0 Å². The Balaban J connectivity index is 1.49. The smallest absolute Gasteiger partial charge is 0.412 e. The van der Waals surface area contributed by atoms with Crippen LogP contribution in [0, 0.1) is 0 Å². The highest BCUT2D eigenvalue weighted by Gasteiger charge is 2.27. The van der Waals surface area contributed by atoms with E-state index in [-0.39, 0.29) is 6.04 Å². The maximum atomic E-state index is 12.3. The first-order chi connectivity index (χ1) is 16.2. The van der Waals surface area contributed by atoms with Crippen LogP contribution >= 0.6 is 23.1 Å². The van der Waals surface area contributed by atoms with E-state index in [0.29, 0.717) is 11.2 Å². The second kappa shape index (κ2) is 10.6. The number of carboxylic acid groups (broad SMARTS) is 1. The largest absolute Gasteiger partial charge is 0.465 e. The molecule has 1 aromatic heterocycles. The number of ether oxygens (including phenoxy) is 1. The van der Waals surface area contributed by atoms with Gasteiger partial charge >= 0.3 is 12.2 Å². The number of hydrogen-bond acceptors (Lipinski definition) is 6. The number of nitrogens with one attached hydrogen (secondary N) is 2. The standard InChI is InChI=1S/C25H33N3O4S2/c1-25(2,3)32-24(31)28-17-11-12-19(20(13-17)33-18-5-4-6-18)21-14-26-22(34-21)15-7-9-16(10-8-15)27-23(29)30/h11-16,18,27H,4-10H2,1-3H3,(H,28,31)(H,29,30). The molecular weight excluding hydrogens is 470 g/mol. The molecule has 0 unspecified atom stereocenters. The van der Waals surface area contributed by atoms with Crippen LogP contribution in [0.4, 0.5) is 15.3 Å². The Bertz CT molecular complexity index is 1020. The lowest BCUT2D eigenvalue weighted by molar-refractivity contribution is 0.0636. The lowest BCUT2D eigenvalue weighted by Gasteiger charge is -2.27. The predicted octanol–water partition coefficient (Wildman–Crippen LogP) is 7.10. The molecule has 1 aromatic carbocycles. The van der Waals surface area contributed by atoms with Crippen LogP contribution in [0.15, 0.2) is 29.3 Å². The van der Waals surface area contributed by atoms with Gasteiger partial charge in [0.2, 0.25) is 0 Å². The lowest BCUT2D eigenvalue weighted by atomic mass is 9.86. The molecule has 1 heterocycles. The Kier molecular flexibility index (Phi) is 7.72. The van der Waals surface area contributed by atoms with Crippen molar-refractivity contribution in [3.05, 3.63) is 29.4 Å². The third kappa shape index (κ3) is 6.66. The van der Waals surface area contributed by atoms with Crippen LogP contribution in [0.3, 0.4) is 0 Å². The van der Waals surface area contributed by atoms with Crippen molar-refractivity contribution in [2.45, 2.75) is 93.4 Å². The molecule has 4 rings (SSSR count). The summed E-state index contributed by atoms with van der Waals surface area (Å²) < 4.78 is 5.41. The fraction of sp³-hybridized carbons (Fsp3) is 0.560. The molecule has 3 N–H and O–H groups in total. The first-order valence-corrected chi connectivity index (χ1v) is 13.6. The molecule has 0 aliphatic heterocycles. The van der Waals surface area contributed by atoms with Gasteiger partial charge in [0.05, 0.1) is 9.88 Å². The monoisotopic (exact) mass is 503 g/mol. The van der Waals surface area contributed by atoms with E-state index in [1.54, 1.807) is 11.3 Å². The summed E-state index contributed by atoms with van der Waals surface area (Å²) in [5.74, 6) is 0.376. The molecular formula is C25H33N3O4S2. The third-order valence-electron chi connectivity index (χ3n) is 6.17. The van der Waals surface area contributed by atoms with Crippen molar-refractivity contribution in [2.24, 2.45) is 0 Å². The Morgan fingerprint density at radius 3 is 2.50 bits per heavy atom. The summed E-state index contributed by atoms with van der Waals surface area (Å²) in [4.78, 5) is 30.2. The van der Waals surface area contributed by atoms with Crippen molar-refractivity contribution in [1.82, 2.24) is 10.3 Å². The molecule has 9 heteroatoms. The highest BCUT2D eigenvalue weighted by molar-refractivity contribution is 8.00. The Morgan fingerprint density at radius 2 is 1.88 bits per heavy atom. The normalized spacial score (nSPS) is 20.9. The number of carbonyl (C=O) groups is 2. The van der Waals surface area contributed by atoms with Crippen molar-refractivity contribution in [1.29, 1.82) is 0 Å². The minimum absolute atomic E-state index is 0.0451. The molecule has 2 aliphatic rings. The zero-order valence-corrected chi connectivity index (χ0v) is 21.6. The zero-order chi connectivity index (χ0) is 24.3. The minimum Gasteiger partial charge on any atom is -0.465 e.